The molecule has 0 bridgehead atoms. The molecule has 20 heavy (non-hydrogen) atoms. The number of carbonyl (C=O) groups is 1. The van der Waals surface area contributed by atoms with E-state index in [0.29, 0.717) is 11.5 Å². The summed E-state index contributed by atoms with van der Waals surface area (Å²) in [5.74, 6) is 0.658. The number of amides is 1. The van der Waals surface area contributed by atoms with E-state index in [1.165, 1.54) is 25.7 Å². The van der Waals surface area contributed by atoms with E-state index in [0.717, 1.165) is 17.1 Å². The lowest BCUT2D eigenvalue weighted by molar-refractivity contribution is -0.118. The number of rotatable bonds is 2. The molecule has 1 atom stereocenters. The molecule has 4 nitrogen and oxygen atoms in total. The molecule has 0 spiro atoms. The standard InChI is InChI=1S/C16H22N2O2/c1-16(2)8-4-3-5-14(16)17-11-6-7-13-12(9-11)18-15(19)10-20-13/h6-7,9,14,17H,3-5,8,10H2,1-2H3,(H,18,19). The van der Waals surface area contributed by atoms with Gasteiger partial charge in [-0.15, -0.1) is 0 Å². The number of anilines is 2. The minimum Gasteiger partial charge on any atom is -0.482 e. The average Bonchev–Trinajstić information content (AvgIpc) is 2.40. The van der Waals surface area contributed by atoms with Crippen molar-refractivity contribution < 1.29 is 9.53 Å². The molecule has 1 aliphatic heterocycles. The Morgan fingerprint density at radius 2 is 2.20 bits per heavy atom. The van der Waals surface area contributed by atoms with E-state index in [1.807, 2.05) is 18.2 Å². The number of hydrogen-bond donors (Lipinski definition) is 2. The zero-order valence-corrected chi connectivity index (χ0v) is 12.2. The van der Waals surface area contributed by atoms with Crippen LogP contribution >= 0.6 is 0 Å². The third kappa shape index (κ3) is 2.60. The molecule has 0 aromatic heterocycles. The largest absolute Gasteiger partial charge is 0.482 e. The first-order chi connectivity index (χ1) is 9.54. The first-order valence-corrected chi connectivity index (χ1v) is 7.38. The maximum atomic E-state index is 11.4. The third-order valence-electron chi connectivity index (χ3n) is 4.46. The van der Waals surface area contributed by atoms with Crippen molar-refractivity contribution in [2.75, 3.05) is 17.2 Å². The highest BCUT2D eigenvalue weighted by Gasteiger charge is 2.32. The summed E-state index contributed by atoms with van der Waals surface area (Å²) in [6.07, 6.45) is 5.06. The summed E-state index contributed by atoms with van der Waals surface area (Å²) in [5, 5.41) is 6.48. The number of fused-ring (bicyclic) bond motifs is 1. The summed E-state index contributed by atoms with van der Waals surface area (Å²) in [6.45, 7) is 4.76. The first-order valence-electron chi connectivity index (χ1n) is 7.38. The van der Waals surface area contributed by atoms with Gasteiger partial charge in [0.05, 0.1) is 5.69 Å². The second kappa shape index (κ2) is 5.00. The zero-order valence-electron chi connectivity index (χ0n) is 12.2. The van der Waals surface area contributed by atoms with Crippen LogP contribution in [0.15, 0.2) is 18.2 Å². The second-order valence-corrected chi connectivity index (χ2v) is 6.48. The minimum atomic E-state index is -0.0901. The molecule has 3 rings (SSSR count). The van der Waals surface area contributed by atoms with Crippen LogP contribution in [0.5, 0.6) is 5.75 Å². The van der Waals surface area contributed by atoms with E-state index < -0.39 is 0 Å². The maximum Gasteiger partial charge on any atom is 0.262 e. The summed E-state index contributed by atoms with van der Waals surface area (Å²) in [5.41, 5.74) is 2.13. The summed E-state index contributed by atoms with van der Waals surface area (Å²) < 4.78 is 5.38. The molecule has 4 heteroatoms. The highest BCUT2D eigenvalue weighted by molar-refractivity contribution is 5.96. The van der Waals surface area contributed by atoms with Crippen molar-refractivity contribution in [1.82, 2.24) is 0 Å². The summed E-state index contributed by atoms with van der Waals surface area (Å²) >= 11 is 0. The summed E-state index contributed by atoms with van der Waals surface area (Å²) in [4.78, 5) is 11.4. The fourth-order valence-electron chi connectivity index (χ4n) is 3.14. The molecule has 1 aliphatic carbocycles. The third-order valence-corrected chi connectivity index (χ3v) is 4.46. The van der Waals surface area contributed by atoms with Crippen molar-refractivity contribution in [3.63, 3.8) is 0 Å². The molecule has 1 unspecified atom stereocenters. The van der Waals surface area contributed by atoms with E-state index in [9.17, 15) is 4.79 Å². The van der Waals surface area contributed by atoms with Crippen molar-refractivity contribution in [3.8, 4) is 5.75 Å². The van der Waals surface area contributed by atoms with Crippen LogP contribution in [-0.2, 0) is 4.79 Å². The van der Waals surface area contributed by atoms with E-state index in [1.54, 1.807) is 0 Å². The van der Waals surface area contributed by atoms with Gasteiger partial charge >= 0.3 is 0 Å². The molecule has 0 saturated heterocycles. The Balaban J connectivity index is 1.78. The highest BCUT2D eigenvalue weighted by atomic mass is 16.5. The van der Waals surface area contributed by atoms with Crippen LogP contribution in [0, 0.1) is 5.41 Å². The zero-order chi connectivity index (χ0) is 14.2. The molecule has 2 aliphatic rings. The topological polar surface area (TPSA) is 50.4 Å². The monoisotopic (exact) mass is 274 g/mol. The molecule has 0 radical (unpaired) electrons. The van der Waals surface area contributed by atoms with E-state index >= 15 is 0 Å². The number of ether oxygens (including phenoxy) is 1. The normalized spacial score (nSPS) is 24.3. The smallest absolute Gasteiger partial charge is 0.262 e. The Hall–Kier alpha value is -1.71. The Kier molecular flexibility index (Phi) is 3.32. The van der Waals surface area contributed by atoms with E-state index in [4.69, 9.17) is 4.74 Å². The lowest BCUT2D eigenvalue weighted by Gasteiger charge is -2.39. The molecule has 108 valence electrons. The molecular formula is C16H22N2O2. The second-order valence-electron chi connectivity index (χ2n) is 6.48. The van der Waals surface area contributed by atoms with E-state index in [-0.39, 0.29) is 12.5 Å². The Bertz CT molecular complexity index is 525. The molecule has 1 aromatic carbocycles. The fourth-order valence-corrected chi connectivity index (χ4v) is 3.14. The Labute approximate surface area is 119 Å². The summed E-state index contributed by atoms with van der Waals surface area (Å²) in [7, 11) is 0. The maximum absolute atomic E-state index is 11.4. The van der Waals surface area contributed by atoms with Gasteiger partial charge in [-0.3, -0.25) is 4.79 Å². The number of nitrogens with one attached hydrogen (secondary N) is 2. The average molecular weight is 274 g/mol. The van der Waals surface area contributed by atoms with Crippen molar-refractivity contribution in [1.29, 1.82) is 0 Å². The van der Waals surface area contributed by atoms with Gasteiger partial charge in [0.2, 0.25) is 0 Å². The molecular weight excluding hydrogens is 252 g/mol. The fraction of sp³-hybridized carbons (Fsp3) is 0.562. The lowest BCUT2D eigenvalue weighted by atomic mass is 9.73. The van der Waals surface area contributed by atoms with Crippen molar-refractivity contribution in [2.45, 2.75) is 45.6 Å². The number of carbonyl (C=O) groups excluding carboxylic acids is 1. The van der Waals surface area contributed by atoms with Gasteiger partial charge in [0, 0.05) is 11.7 Å². The van der Waals surface area contributed by atoms with Gasteiger partial charge < -0.3 is 15.4 Å². The summed E-state index contributed by atoms with van der Waals surface area (Å²) in [6, 6.07) is 6.40. The highest BCUT2D eigenvalue weighted by Crippen LogP contribution is 2.38. The lowest BCUT2D eigenvalue weighted by Crippen LogP contribution is -2.38. The van der Waals surface area contributed by atoms with Gasteiger partial charge in [0.15, 0.2) is 6.61 Å². The van der Waals surface area contributed by atoms with Crippen LogP contribution in [0.25, 0.3) is 0 Å². The van der Waals surface area contributed by atoms with Crippen LogP contribution in [0.4, 0.5) is 11.4 Å². The molecule has 1 saturated carbocycles. The number of benzene rings is 1. The minimum absolute atomic E-state index is 0.0901. The Morgan fingerprint density at radius 1 is 1.35 bits per heavy atom. The molecule has 1 aromatic rings. The van der Waals surface area contributed by atoms with Crippen LogP contribution in [-0.4, -0.2) is 18.6 Å². The van der Waals surface area contributed by atoms with Gasteiger partial charge in [-0.05, 0) is 36.5 Å². The molecule has 1 amide bonds. The Morgan fingerprint density at radius 3 is 3.00 bits per heavy atom. The predicted octanol–water partition coefficient (Wildman–Crippen LogP) is 3.40. The van der Waals surface area contributed by atoms with Crippen LogP contribution in [0.3, 0.4) is 0 Å². The van der Waals surface area contributed by atoms with Crippen molar-refractivity contribution >= 4 is 17.3 Å². The first kappa shape index (κ1) is 13.3. The van der Waals surface area contributed by atoms with E-state index in [2.05, 4.69) is 24.5 Å². The van der Waals surface area contributed by atoms with Crippen LogP contribution in [0.2, 0.25) is 0 Å². The van der Waals surface area contributed by atoms with Crippen LogP contribution < -0.4 is 15.4 Å². The quantitative estimate of drug-likeness (QED) is 0.869. The van der Waals surface area contributed by atoms with Gasteiger partial charge in [-0.1, -0.05) is 26.7 Å². The van der Waals surface area contributed by atoms with Gasteiger partial charge in [-0.2, -0.15) is 0 Å². The SMILES string of the molecule is CC1(C)CCCCC1Nc1ccc2c(c1)NC(=O)CO2. The molecule has 2 N–H and O–H groups in total. The van der Waals surface area contributed by atoms with Gasteiger partial charge in [-0.25, -0.2) is 0 Å². The van der Waals surface area contributed by atoms with Gasteiger partial charge in [0.25, 0.3) is 5.91 Å². The molecule has 1 fully saturated rings. The van der Waals surface area contributed by atoms with Crippen molar-refractivity contribution in [3.05, 3.63) is 18.2 Å². The van der Waals surface area contributed by atoms with Crippen molar-refractivity contribution in [2.24, 2.45) is 5.41 Å². The number of hydrogen-bond acceptors (Lipinski definition) is 3. The predicted molar refractivity (Wildman–Crippen MR) is 80.2 cm³/mol. The molecule has 1 heterocycles. The van der Waals surface area contributed by atoms with Crippen LogP contribution in [0.1, 0.15) is 39.5 Å². The van der Waals surface area contributed by atoms with Gasteiger partial charge in [0.1, 0.15) is 5.75 Å².